The topological polar surface area (TPSA) is 49.1 Å². The molecule has 5 nitrogen and oxygen atoms in total. The third-order valence-electron chi connectivity index (χ3n) is 3.26. The van der Waals surface area contributed by atoms with Crippen molar-refractivity contribution in [3.63, 3.8) is 0 Å². The summed E-state index contributed by atoms with van der Waals surface area (Å²) in [4.78, 5) is 11.7. The molecule has 0 N–H and O–H groups in total. The average molecular weight is 263 g/mol. The molecule has 0 spiro atoms. The number of ether oxygens (including phenoxy) is 1. The van der Waals surface area contributed by atoms with Crippen LogP contribution in [0.4, 0.5) is 0 Å². The van der Waals surface area contributed by atoms with Gasteiger partial charge in [0.15, 0.2) is 0 Å². The van der Waals surface area contributed by atoms with E-state index >= 15 is 0 Å². The number of allylic oxidation sites excluding steroid dienone is 2. The minimum absolute atomic E-state index is 0.0598. The highest BCUT2D eigenvalue weighted by Gasteiger charge is 2.05. The van der Waals surface area contributed by atoms with E-state index in [4.69, 9.17) is 4.74 Å². The molecule has 0 radical (unpaired) electrons. The van der Waals surface area contributed by atoms with Gasteiger partial charge in [0, 0.05) is 20.2 Å². The quantitative estimate of drug-likeness (QED) is 0.732. The minimum atomic E-state index is -0.0598. The Morgan fingerprint density at radius 2 is 2.26 bits per heavy atom. The van der Waals surface area contributed by atoms with Gasteiger partial charge in [-0.3, -0.25) is 4.57 Å². The van der Waals surface area contributed by atoms with Crippen LogP contribution in [0.1, 0.15) is 25.1 Å². The summed E-state index contributed by atoms with van der Waals surface area (Å²) < 4.78 is 8.65. The molecule has 0 atom stereocenters. The first-order chi connectivity index (χ1) is 9.18. The number of hydrogen-bond acceptors (Lipinski definition) is 3. The van der Waals surface area contributed by atoms with Crippen molar-refractivity contribution < 1.29 is 4.74 Å². The van der Waals surface area contributed by atoms with Crippen LogP contribution >= 0.6 is 0 Å². The molecule has 0 bridgehead atoms. The first-order valence-electron chi connectivity index (χ1n) is 6.72. The number of nitrogens with zero attached hydrogens (tertiary/aromatic N) is 3. The van der Waals surface area contributed by atoms with Crippen LogP contribution in [0.25, 0.3) is 0 Å². The Kier molecular flexibility index (Phi) is 4.74. The lowest BCUT2D eigenvalue weighted by molar-refractivity contribution is 0.150. The average Bonchev–Trinajstić information content (AvgIpc) is 2.67. The molecule has 0 amide bonds. The molecule has 2 rings (SSSR count). The number of aromatic nitrogens is 3. The Balaban J connectivity index is 1.69. The van der Waals surface area contributed by atoms with Gasteiger partial charge in [-0.05, 0) is 31.8 Å². The third-order valence-corrected chi connectivity index (χ3v) is 3.26. The maximum atomic E-state index is 11.7. The molecule has 1 aliphatic rings. The van der Waals surface area contributed by atoms with E-state index < -0.39 is 0 Å². The van der Waals surface area contributed by atoms with E-state index in [1.165, 1.54) is 10.3 Å². The summed E-state index contributed by atoms with van der Waals surface area (Å²) >= 11 is 0. The molecule has 0 unspecified atom stereocenters. The molecule has 0 fully saturated rings. The van der Waals surface area contributed by atoms with E-state index in [-0.39, 0.29) is 5.69 Å². The molecule has 1 aromatic heterocycles. The molecule has 19 heavy (non-hydrogen) atoms. The number of hydrogen-bond donors (Lipinski definition) is 0. The summed E-state index contributed by atoms with van der Waals surface area (Å²) in [5.41, 5.74) is 1.19. The number of aryl methyl sites for hydroxylation is 2. The van der Waals surface area contributed by atoms with Gasteiger partial charge < -0.3 is 4.74 Å². The monoisotopic (exact) mass is 263 g/mol. The summed E-state index contributed by atoms with van der Waals surface area (Å²) in [6, 6.07) is 0. The molecular formula is C14H21N3O2. The van der Waals surface area contributed by atoms with Crippen molar-refractivity contribution in [2.45, 2.75) is 32.7 Å². The molecule has 1 heterocycles. The zero-order chi connectivity index (χ0) is 13.7. The Hall–Kier alpha value is -1.62. The summed E-state index contributed by atoms with van der Waals surface area (Å²) in [6.45, 7) is 3.74. The standard InChI is InChI=1S/C14H21N3O2/c1-12-15-17(14(18)16(12)2)9-6-10-19-11-13-7-4-3-5-8-13/h4,7-8H,3,5-6,9-11H2,1-2H3. The fourth-order valence-corrected chi connectivity index (χ4v) is 2.02. The molecule has 0 saturated heterocycles. The Labute approximate surface area is 113 Å². The van der Waals surface area contributed by atoms with E-state index in [1.54, 1.807) is 11.6 Å². The molecular weight excluding hydrogens is 242 g/mol. The molecule has 104 valence electrons. The third kappa shape index (κ3) is 3.67. The van der Waals surface area contributed by atoms with Gasteiger partial charge in [-0.15, -0.1) is 0 Å². The maximum Gasteiger partial charge on any atom is 0.345 e. The van der Waals surface area contributed by atoms with Crippen molar-refractivity contribution >= 4 is 0 Å². The van der Waals surface area contributed by atoms with Crippen LogP contribution in [0.15, 0.2) is 28.6 Å². The van der Waals surface area contributed by atoms with Crippen molar-refractivity contribution in [2.75, 3.05) is 13.2 Å². The predicted octanol–water partition coefficient (Wildman–Crippen LogP) is 1.57. The van der Waals surface area contributed by atoms with Crippen LogP contribution < -0.4 is 5.69 Å². The van der Waals surface area contributed by atoms with Crippen molar-refractivity contribution in [3.05, 3.63) is 40.1 Å². The van der Waals surface area contributed by atoms with E-state index in [9.17, 15) is 4.79 Å². The first-order valence-corrected chi connectivity index (χ1v) is 6.72. The largest absolute Gasteiger partial charge is 0.377 e. The van der Waals surface area contributed by atoms with Gasteiger partial charge in [0.05, 0.1) is 6.61 Å². The van der Waals surface area contributed by atoms with E-state index in [0.29, 0.717) is 19.8 Å². The van der Waals surface area contributed by atoms with Gasteiger partial charge in [0.2, 0.25) is 0 Å². The fourth-order valence-electron chi connectivity index (χ4n) is 2.02. The summed E-state index contributed by atoms with van der Waals surface area (Å²) in [5, 5.41) is 4.19. The summed E-state index contributed by atoms with van der Waals surface area (Å²) in [7, 11) is 1.74. The second-order valence-electron chi connectivity index (χ2n) is 4.78. The van der Waals surface area contributed by atoms with E-state index in [1.807, 2.05) is 6.92 Å². The van der Waals surface area contributed by atoms with Gasteiger partial charge in [0.1, 0.15) is 5.82 Å². The molecule has 0 saturated carbocycles. The van der Waals surface area contributed by atoms with Crippen LogP contribution in [0.5, 0.6) is 0 Å². The van der Waals surface area contributed by atoms with Crippen LogP contribution in [0.3, 0.4) is 0 Å². The van der Waals surface area contributed by atoms with Gasteiger partial charge in [0.25, 0.3) is 0 Å². The van der Waals surface area contributed by atoms with Crippen LogP contribution in [-0.4, -0.2) is 27.6 Å². The minimum Gasteiger partial charge on any atom is -0.377 e. The first kappa shape index (κ1) is 13.8. The zero-order valence-electron chi connectivity index (χ0n) is 11.6. The number of rotatable bonds is 6. The van der Waals surface area contributed by atoms with Crippen molar-refractivity contribution in [2.24, 2.45) is 7.05 Å². The lowest BCUT2D eigenvalue weighted by Crippen LogP contribution is -2.23. The highest BCUT2D eigenvalue weighted by molar-refractivity contribution is 5.22. The second kappa shape index (κ2) is 6.52. The van der Waals surface area contributed by atoms with Gasteiger partial charge >= 0.3 is 5.69 Å². The van der Waals surface area contributed by atoms with E-state index in [2.05, 4.69) is 23.3 Å². The zero-order valence-corrected chi connectivity index (χ0v) is 11.6. The van der Waals surface area contributed by atoms with Crippen LogP contribution in [-0.2, 0) is 18.3 Å². The lowest BCUT2D eigenvalue weighted by atomic mass is 10.1. The predicted molar refractivity (Wildman–Crippen MR) is 74.1 cm³/mol. The van der Waals surface area contributed by atoms with Crippen molar-refractivity contribution in [1.29, 1.82) is 0 Å². The smallest absolute Gasteiger partial charge is 0.345 e. The fraction of sp³-hybridized carbons (Fsp3) is 0.571. The highest BCUT2D eigenvalue weighted by atomic mass is 16.5. The highest BCUT2D eigenvalue weighted by Crippen LogP contribution is 2.09. The molecule has 0 aliphatic heterocycles. The lowest BCUT2D eigenvalue weighted by Gasteiger charge is -2.07. The Morgan fingerprint density at radius 3 is 2.89 bits per heavy atom. The normalized spacial score (nSPS) is 14.7. The Morgan fingerprint density at radius 1 is 1.42 bits per heavy atom. The maximum absolute atomic E-state index is 11.7. The van der Waals surface area contributed by atoms with E-state index in [0.717, 1.165) is 25.1 Å². The molecule has 1 aliphatic carbocycles. The molecule has 0 aromatic carbocycles. The second-order valence-corrected chi connectivity index (χ2v) is 4.78. The van der Waals surface area contributed by atoms with Gasteiger partial charge in [-0.1, -0.05) is 18.2 Å². The summed E-state index contributed by atoms with van der Waals surface area (Å²) in [6.07, 6.45) is 9.55. The SMILES string of the molecule is Cc1nn(CCCOCC2=CCCC=C2)c(=O)n1C. The van der Waals surface area contributed by atoms with Gasteiger partial charge in [-0.2, -0.15) is 5.10 Å². The van der Waals surface area contributed by atoms with Crippen molar-refractivity contribution in [3.8, 4) is 0 Å². The molecule has 1 aromatic rings. The van der Waals surface area contributed by atoms with Crippen LogP contribution in [0, 0.1) is 6.92 Å². The van der Waals surface area contributed by atoms with Crippen LogP contribution in [0.2, 0.25) is 0 Å². The summed E-state index contributed by atoms with van der Waals surface area (Å²) in [5.74, 6) is 0.739. The van der Waals surface area contributed by atoms with Crippen molar-refractivity contribution in [1.82, 2.24) is 14.3 Å². The molecule has 5 heteroatoms. The Bertz CT molecular complexity index is 537. The van der Waals surface area contributed by atoms with Gasteiger partial charge in [-0.25, -0.2) is 9.48 Å².